The Balaban J connectivity index is 1.40. The molecule has 0 saturated carbocycles. The van der Waals surface area contributed by atoms with Crippen LogP contribution >= 0.6 is 11.3 Å². The normalized spacial score (nSPS) is 17.9. The molecule has 4 heterocycles. The summed E-state index contributed by atoms with van der Waals surface area (Å²) in [6.07, 6.45) is 5.46. The quantitative estimate of drug-likeness (QED) is 0.252. The molecule has 0 bridgehead atoms. The summed E-state index contributed by atoms with van der Waals surface area (Å²) < 4.78 is 5.68. The molecule has 41 heavy (non-hydrogen) atoms. The van der Waals surface area contributed by atoms with Crippen molar-refractivity contribution in [2.24, 2.45) is 21.5 Å². The van der Waals surface area contributed by atoms with Crippen molar-refractivity contribution in [3.8, 4) is 0 Å². The molecule has 2 aliphatic rings. The van der Waals surface area contributed by atoms with Crippen LogP contribution < -0.4 is 22.1 Å². The van der Waals surface area contributed by atoms with Gasteiger partial charge in [0.2, 0.25) is 17.8 Å². The van der Waals surface area contributed by atoms with Gasteiger partial charge in [-0.25, -0.2) is 9.98 Å². The van der Waals surface area contributed by atoms with E-state index in [-0.39, 0.29) is 35.2 Å². The molecule has 1 aromatic carbocycles. The first-order valence-electron chi connectivity index (χ1n) is 13.5. The van der Waals surface area contributed by atoms with Crippen molar-refractivity contribution in [3.05, 3.63) is 41.1 Å². The van der Waals surface area contributed by atoms with Gasteiger partial charge >= 0.3 is 0 Å². The number of hydrogen-bond acceptors (Lipinski definition) is 7. The molecule has 14 heteroatoms. The Hall–Kier alpha value is -4.46. The minimum Gasteiger partial charge on any atom is -0.461 e. The van der Waals surface area contributed by atoms with Crippen LogP contribution in [0.15, 0.2) is 44.9 Å². The molecule has 1 unspecified atom stereocenters. The van der Waals surface area contributed by atoms with Gasteiger partial charge in [0.1, 0.15) is 22.3 Å². The number of aliphatic imine (C=N–C) groups is 2. The van der Waals surface area contributed by atoms with Gasteiger partial charge in [-0.1, -0.05) is 11.3 Å². The summed E-state index contributed by atoms with van der Waals surface area (Å²) in [4.78, 5) is 54.9. The standard InChI is InChI=1S/C27H33N9O4S/c1-16-12-17-13-18(7-8-20(17)40-16)31-26(34-27-30-14-21(41-27)23(38)33-25(28)29)32-19-6-2-3-11-36(24(19)39)15-22(37)35-9-4-5-10-35/h7-8,12-14,19H,2-6,9-11,15H2,1H3,(H4,28,29,33,38)(H2,30,31,32,34). The molecule has 0 aliphatic carbocycles. The molecule has 2 saturated heterocycles. The minimum absolute atomic E-state index is 0.0265. The van der Waals surface area contributed by atoms with Gasteiger partial charge in [0.25, 0.3) is 5.91 Å². The zero-order valence-electron chi connectivity index (χ0n) is 22.8. The smallest absolute Gasteiger partial charge is 0.291 e. The number of nitrogens with zero attached hydrogens (tertiary/aromatic N) is 5. The molecule has 2 aromatic heterocycles. The van der Waals surface area contributed by atoms with Gasteiger partial charge in [-0.3, -0.25) is 14.4 Å². The number of guanidine groups is 2. The maximum atomic E-state index is 13.6. The van der Waals surface area contributed by atoms with Crippen molar-refractivity contribution in [1.29, 1.82) is 0 Å². The van der Waals surface area contributed by atoms with Crippen LogP contribution in [0.1, 0.15) is 47.5 Å². The first-order chi connectivity index (χ1) is 19.7. The molecule has 2 fully saturated rings. The number of likely N-dealkylation sites (tertiary alicyclic amines) is 2. The Morgan fingerprint density at radius 3 is 2.68 bits per heavy atom. The van der Waals surface area contributed by atoms with E-state index in [1.165, 1.54) is 6.20 Å². The van der Waals surface area contributed by atoms with E-state index in [2.05, 4.69) is 20.6 Å². The summed E-state index contributed by atoms with van der Waals surface area (Å²) in [7, 11) is 0. The summed E-state index contributed by atoms with van der Waals surface area (Å²) in [5.74, 6) is -0.115. The highest BCUT2D eigenvalue weighted by Crippen LogP contribution is 2.25. The largest absolute Gasteiger partial charge is 0.461 e. The Kier molecular flexibility index (Phi) is 8.47. The SMILES string of the molecule is Cc1cc2cc(NC(=NC3CCCCN(CC(=O)N4CCCC4)C3=O)Nc3ncc(C(=O)N=C(N)N)s3)ccc2o1. The number of thiazole rings is 1. The van der Waals surface area contributed by atoms with Crippen LogP contribution in [0.25, 0.3) is 11.0 Å². The monoisotopic (exact) mass is 579 g/mol. The van der Waals surface area contributed by atoms with Crippen LogP contribution in [-0.4, -0.2) is 76.6 Å². The Labute approximate surface area is 240 Å². The number of furan rings is 1. The van der Waals surface area contributed by atoms with Gasteiger partial charge < -0.3 is 36.3 Å². The van der Waals surface area contributed by atoms with Gasteiger partial charge in [0.05, 0.1) is 12.7 Å². The van der Waals surface area contributed by atoms with Gasteiger partial charge in [-0.2, -0.15) is 4.99 Å². The summed E-state index contributed by atoms with van der Waals surface area (Å²) in [6, 6.07) is 6.82. The first-order valence-corrected chi connectivity index (χ1v) is 14.4. The Morgan fingerprint density at radius 1 is 1.12 bits per heavy atom. The number of benzene rings is 1. The van der Waals surface area contributed by atoms with Crippen LogP contribution in [0.2, 0.25) is 0 Å². The van der Waals surface area contributed by atoms with Crippen molar-refractivity contribution in [2.45, 2.75) is 45.1 Å². The Morgan fingerprint density at radius 2 is 1.90 bits per heavy atom. The van der Waals surface area contributed by atoms with Crippen LogP contribution in [-0.2, 0) is 9.59 Å². The third kappa shape index (κ3) is 7.01. The minimum atomic E-state index is -0.707. The second-order valence-corrected chi connectivity index (χ2v) is 11.1. The average molecular weight is 580 g/mol. The number of nitrogens with one attached hydrogen (secondary N) is 2. The van der Waals surface area contributed by atoms with Gasteiger partial charge in [0.15, 0.2) is 11.1 Å². The molecule has 0 spiro atoms. The Bertz CT molecular complexity index is 1500. The lowest BCUT2D eigenvalue weighted by Gasteiger charge is -2.25. The average Bonchev–Trinajstić information content (AvgIpc) is 3.67. The van der Waals surface area contributed by atoms with E-state index < -0.39 is 11.9 Å². The molecule has 3 amide bonds. The fraction of sp³-hybridized carbons (Fsp3) is 0.407. The molecule has 2 aliphatic heterocycles. The highest BCUT2D eigenvalue weighted by molar-refractivity contribution is 7.17. The fourth-order valence-electron chi connectivity index (χ4n) is 4.94. The zero-order valence-corrected chi connectivity index (χ0v) is 23.6. The fourth-order valence-corrected chi connectivity index (χ4v) is 5.64. The molecule has 3 aromatic rings. The molecule has 216 valence electrons. The molecule has 1 atom stereocenters. The van der Waals surface area contributed by atoms with E-state index in [1.54, 1.807) is 4.90 Å². The number of amides is 3. The zero-order chi connectivity index (χ0) is 28.9. The lowest BCUT2D eigenvalue weighted by atomic mass is 10.1. The van der Waals surface area contributed by atoms with Crippen LogP contribution in [0, 0.1) is 6.92 Å². The number of aromatic nitrogens is 1. The number of carbonyl (C=O) groups excluding carboxylic acids is 3. The van der Waals surface area contributed by atoms with Crippen molar-refractivity contribution < 1.29 is 18.8 Å². The number of rotatable bonds is 6. The predicted molar refractivity (Wildman–Crippen MR) is 158 cm³/mol. The van der Waals surface area contributed by atoms with Gasteiger partial charge in [-0.05, 0) is 63.3 Å². The molecule has 0 radical (unpaired) electrons. The third-order valence-corrected chi connectivity index (χ3v) is 7.80. The molecule has 6 N–H and O–H groups in total. The lowest BCUT2D eigenvalue weighted by molar-refractivity contribution is -0.140. The maximum absolute atomic E-state index is 13.6. The van der Waals surface area contributed by atoms with Crippen molar-refractivity contribution in [1.82, 2.24) is 14.8 Å². The molecule has 5 rings (SSSR count). The maximum Gasteiger partial charge on any atom is 0.291 e. The van der Waals surface area contributed by atoms with Crippen molar-refractivity contribution in [3.63, 3.8) is 0 Å². The molecular weight excluding hydrogens is 546 g/mol. The number of hydrogen-bond donors (Lipinski definition) is 4. The topological polar surface area (TPSA) is 185 Å². The highest BCUT2D eigenvalue weighted by Gasteiger charge is 2.30. The highest BCUT2D eigenvalue weighted by atomic mass is 32.1. The number of fused-ring (bicyclic) bond motifs is 1. The van der Waals surface area contributed by atoms with Gasteiger partial charge in [-0.15, -0.1) is 0 Å². The van der Waals surface area contributed by atoms with E-state index in [0.29, 0.717) is 23.8 Å². The molecular formula is C27H33N9O4S. The summed E-state index contributed by atoms with van der Waals surface area (Å²) in [6.45, 7) is 3.92. The number of nitrogens with two attached hydrogens (primary N) is 2. The van der Waals surface area contributed by atoms with Crippen LogP contribution in [0.5, 0.6) is 0 Å². The van der Waals surface area contributed by atoms with E-state index in [1.807, 2.05) is 36.1 Å². The van der Waals surface area contributed by atoms with Gasteiger partial charge in [0, 0.05) is 30.7 Å². The predicted octanol–water partition coefficient (Wildman–Crippen LogP) is 2.49. The first kappa shape index (κ1) is 28.1. The van der Waals surface area contributed by atoms with E-state index in [4.69, 9.17) is 20.9 Å². The summed E-state index contributed by atoms with van der Waals surface area (Å²) in [5, 5.41) is 7.63. The summed E-state index contributed by atoms with van der Waals surface area (Å²) in [5.41, 5.74) is 12.1. The van der Waals surface area contributed by atoms with E-state index in [9.17, 15) is 14.4 Å². The molecule has 13 nitrogen and oxygen atoms in total. The lowest BCUT2D eigenvalue weighted by Crippen LogP contribution is -2.45. The van der Waals surface area contributed by atoms with Crippen molar-refractivity contribution >= 4 is 62.8 Å². The second-order valence-electron chi connectivity index (χ2n) is 10.1. The van der Waals surface area contributed by atoms with E-state index in [0.717, 1.165) is 66.8 Å². The number of anilines is 2. The van der Waals surface area contributed by atoms with Crippen LogP contribution in [0.4, 0.5) is 10.8 Å². The number of carbonyl (C=O) groups is 3. The van der Waals surface area contributed by atoms with Crippen molar-refractivity contribution in [2.75, 3.05) is 36.8 Å². The third-order valence-electron chi connectivity index (χ3n) is 6.90. The second kappa shape index (κ2) is 12.4. The van der Waals surface area contributed by atoms with E-state index >= 15 is 0 Å². The van der Waals surface area contributed by atoms with Crippen LogP contribution in [0.3, 0.4) is 0 Å². The summed E-state index contributed by atoms with van der Waals surface area (Å²) >= 11 is 1.05. The number of aryl methyl sites for hydroxylation is 1.